The minimum absolute atomic E-state index is 0.664. The quantitative estimate of drug-likeness (QED) is 0.476. The molecule has 2 rings (SSSR count). The Morgan fingerprint density at radius 3 is 2.78 bits per heavy atom. The van der Waals surface area contributed by atoms with Crippen molar-refractivity contribution >= 4 is 29.2 Å². The van der Waals surface area contributed by atoms with Gasteiger partial charge in [0.25, 0.3) is 0 Å². The highest BCUT2D eigenvalue weighted by atomic mass is 35.5. The maximum Gasteiger partial charge on any atom is 0.191 e. The van der Waals surface area contributed by atoms with E-state index in [1.807, 2.05) is 31.6 Å². The first-order valence-corrected chi connectivity index (χ1v) is 8.20. The molecule has 0 fully saturated rings. The number of hydrogen-bond donors (Lipinski definition) is 2. The van der Waals surface area contributed by atoms with E-state index in [0.29, 0.717) is 11.6 Å². The Kier molecular flexibility index (Phi) is 6.74. The second-order valence-corrected chi connectivity index (χ2v) is 6.06. The first-order valence-electron chi connectivity index (χ1n) is 7.44. The molecule has 0 atom stereocenters. The van der Waals surface area contributed by atoms with Crippen LogP contribution in [0.3, 0.4) is 0 Å². The Balaban J connectivity index is 1.71. The van der Waals surface area contributed by atoms with Gasteiger partial charge in [-0.2, -0.15) is 5.10 Å². The molecule has 5 nitrogen and oxygen atoms in total. The molecular weight excluding hydrogens is 333 g/mol. The van der Waals surface area contributed by atoms with E-state index < -0.39 is 0 Å². The van der Waals surface area contributed by atoms with E-state index in [9.17, 15) is 0 Å². The van der Waals surface area contributed by atoms with Crippen LogP contribution in [-0.2, 0) is 20.0 Å². The summed E-state index contributed by atoms with van der Waals surface area (Å²) in [5.41, 5.74) is 2.22. The predicted molar refractivity (Wildman–Crippen MR) is 96.2 cm³/mol. The molecule has 1 heterocycles. The molecule has 0 amide bonds. The fourth-order valence-electron chi connectivity index (χ4n) is 2.18. The van der Waals surface area contributed by atoms with E-state index in [-0.39, 0.29) is 0 Å². The number of aliphatic imine (C=N–C) groups is 1. The number of rotatable bonds is 6. The Morgan fingerprint density at radius 1 is 1.30 bits per heavy atom. The van der Waals surface area contributed by atoms with Gasteiger partial charge in [0, 0.05) is 49.0 Å². The van der Waals surface area contributed by atoms with Crippen molar-refractivity contribution in [3.05, 3.63) is 51.8 Å². The fraction of sp³-hybridized carbons (Fsp3) is 0.375. The van der Waals surface area contributed by atoms with Crippen molar-refractivity contribution in [2.75, 3.05) is 13.6 Å². The second kappa shape index (κ2) is 8.79. The van der Waals surface area contributed by atoms with Gasteiger partial charge < -0.3 is 10.6 Å². The van der Waals surface area contributed by atoms with Gasteiger partial charge >= 0.3 is 0 Å². The highest BCUT2D eigenvalue weighted by Crippen LogP contribution is 2.21. The largest absolute Gasteiger partial charge is 0.356 e. The minimum Gasteiger partial charge on any atom is -0.356 e. The predicted octanol–water partition coefficient (Wildman–Crippen LogP) is 3.02. The average molecular weight is 354 g/mol. The number of nitrogens with zero attached hydrogens (tertiary/aromatic N) is 3. The third-order valence-electron chi connectivity index (χ3n) is 3.37. The smallest absolute Gasteiger partial charge is 0.191 e. The van der Waals surface area contributed by atoms with Crippen molar-refractivity contribution in [3.63, 3.8) is 0 Å². The van der Waals surface area contributed by atoms with Gasteiger partial charge in [-0.05, 0) is 30.5 Å². The van der Waals surface area contributed by atoms with Crippen LogP contribution in [-0.4, -0.2) is 29.3 Å². The second-order valence-electron chi connectivity index (χ2n) is 5.21. The molecule has 0 aliphatic rings. The van der Waals surface area contributed by atoms with Crippen LogP contribution in [0, 0.1) is 0 Å². The Labute approximate surface area is 146 Å². The first-order chi connectivity index (χ1) is 11.1. The fourth-order valence-corrected chi connectivity index (χ4v) is 2.68. The molecule has 0 saturated heterocycles. The number of hydrogen-bond acceptors (Lipinski definition) is 2. The number of nitrogens with one attached hydrogen (secondary N) is 2. The van der Waals surface area contributed by atoms with Gasteiger partial charge in [0.15, 0.2) is 5.96 Å². The van der Waals surface area contributed by atoms with Gasteiger partial charge in [-0.1, -0.05) is 29.3 Å². The van der Waals surface area contributed by atoms with E-state index in [2.05, 4.69) is 20.7 Å². The number of halogens is 2. The molecule has 124 valence electrons. The Hall–Kier alpha value is -1.72. The van der Waals surface area contributed by atoms with E-state index in [1.54, 1.807) is 17.8 Å². The zero-order valence-electron chi connectivity index (χ0n) is 13.3. The molecule has 7 heteroatoms. The lowest BCUT2D eigenvalue weighted by Gasteiger charge is -2.11. The third-order valence-corrected chi connectivity index (χ3v) is 3.96. The van der Waals surface area contributed by atoms with Gasteiger partial charge in [-0.3, -0.25) is 9.67 Å². The van der Waals surface area contributed by atoms with Crippen LogP contribution in [0.15, 0.2) is 35.6 Å². The summed E-state index contributed by atoms with van der Waals surface area (Å²) >= 11 is 12.1. The molecular formula is C16H21Cl2N5. The van der Waals surface area contributed by atoms with E-state index in [4.69, 9.17) is 23.2 Å². The number of guanidine groups is 1. The summed E-state index contributed by atoms with van der Waals surface area (Å²) in [7, 11) is 3.66. The van der Waals surface area contributed by atoms with E-state index >= 15 is 0 Å². The molecule has 0 saturated carbocycles. The topological polar surface area (TPSA) is 54.2 Å². The lowest BCUT2D eigenvalue weighted by molar-refractivity contribution is 0.741. The van der Waals surface area contributed by atoms with Crippen molar-refractivity contribution in [2.45, 2.75) is 19.4 Å². The monoisotopic (exact) mass is 353 g/mol. The molecule has 2 aromatic rings. The van der Waals surface area contributed by atoms with E-state index in [1.165, 1.54) is 0 Å². The van der Waals surface area contributed by atoms with Crippen LogP contribution in [0.4, 0.5) is 0 Å². The number of aromatic nitrogens is 2. The molecule has 0 radical (unpaired) electrons. The summed E-state index contributed by atoms with van der Waals surface area (Å²) in [6.45, 7) is 1.50. The maximum absolute atomic E-state index is 6.17. The molecule has 0 bridgehead atoms. The molecule has 0 aliphatic heterocycles. The molecule has 0 unspecified atom stereocenters. The molecule has 0 aliphatic carbocycles. The lowest BCUT2D eigenvalue weighted by atomic mass is 10.1. The summed E-state index contributed by atoms with van der Waals surface area (Å²) < 4.78 is 1.78. The van der Waals surface area contributed by atoms with Crippen molar-refractivity contribution < 1.29 is 0 Å². The van der Waals surface area contributed by atoms with Crippen LogP contribution in [0.25, 0.3) is 0 Å². The normalized spacial score (nSPS) is 11.6. The molecule has 23 heavy (non-hydrogen) atoms. The van der Waals surface area contributed by atoms with Gasteiger partial charge in [0.1, 0.15) is 0 Å². The van der Waals surface area contributed by atoms with Gasteiger partial charge in [0.2, 0.25) is 0 Å². The summed E-state index contributed by atoms with van der Waals surface area (Å²) in [5.74, 6) is 0.774. The number of aryl methyl sites for hydroxylation is 2. The highest BCUT2D eigenvalue weighted by molar-refractivity contribution is 6.35. The zero-order chi connectivity index (χ0) is 16.7. The van der Waals surface area contributed by atoms with E-state index in [0.717, 1.165) is 41.5 Å². The average Bonchev–Trinajstić information content (AvgIpc) is 2.94. The SMILES string of the molecule is CN=C(NCCCc1ccc(Cl)cc1Cl)NCc1cnn(C)c1. The summed E-state index contributed by atoms with van der Waals surface area (Å²) in [4.78, 5) is 4.21. The summed E-state index contributed by atoms with van der Waals surface area (Å²) in [5, 5.41) is 12.1. The zero-order valence-corrected chi connectivity index (χ0v) is 14.8. The first kappa shape index (κ1) is 17.6. The van der Waals surface area contributed by atoms with Gasteiger partial charge in [-0.25, -0.2) is 0 Å². The maximum atomic E-state index is 6.17. The molecule has 1 aromatic heterocycles. The van der Waals surface area contributed by atoms with Gasteiger partial charge in [-0.15, -0.1) is 0 Å². The minimum atomic E-state index is 0.664. The van der Waals surface area contributed by atoms with Crippen LogP contribution < -0.4 is 10.6 Å². The number of benzene rings is 1. The third kappa shape index (κ3) is 5.77. The Bertz CT molecular complexity index is 666. The van der Waals surface area contributed by atoms with Crippen LogP contribution >= 0.6 is 23.2 Å². The van der Waals surface area contributed by atoms with Gasteiger partial charge in [0.05, 0.1) is 6.20 Å². The van der Waals surface area contributed by atoms with Crippen LogP contribution in [0.5, 0.6) is 0 Å². The lowest BCUT2D eigenvalue weighted by Crippen LogP contribution is -2.37. The molecule has 1 aromatic carbocycles. The van der Waals surface area contributed by atoms with Crippen molar-refractivity contribution in [1.29, 1.82) is 0 Å². The van der Waals surface area contributed by atoms with Crippen LogP contribution in [0.2, 0.25) is 10.0 Å². The van der Waals surface area contributed by atoms with Crippen molar-refractivity contribution in [1.82, 2.24) is 20.4 Å². The van der Waals surface area contributed by atoms with Crippen molar-refractivity contribution in [3.8, 4) is 0 Å². The standard InChI is InChI=1S/C16H21Cl2N5/c1-19-16(21-9-12-10-22-23(2)11-12)20-7-3-4-13-5-6-14(17)8-15(13)18/h5-6,8,10-11H,3-4,7,9H2,1-2H3,(H2,19,20,21). The summed E-state index contributed by atoms with van der Waals surface area (Å²) in [6.07, 6.45) is 5.66. The van der Waals surface area contributed by atoms with Crippen molar-refractivity contribution in [2.24, 2.45) is 12.0 Å². The Morgan fingerprint density at radius 2 is 2.13 bits per heavy atom. The summed E-state index contributed by atoms with van der Waals surface area (Å²) in [6, 6.07) is 5.62. The van der Waals surface area contributed by atoms with Crippen LogP contribution in [0.1, 0.15) is 17.5 Å². The molecule has 2 N–H and O–H groups in total. The highest BCUT2D eigenvalue weighted by Gasteiger charge is 2.03. The molecule has 0 spiro atoms.